The van der Waals surface area contributed by atoms with Crippen molar-refractivity contribution in [2.24, 2.45) is 0 Å². The summed E-state index contributed by atoms with van der Waals surface area (Å²) in [6.07, 6.45) is 3.12. The molecule has 2 rings (SSSR count). The van der Waals surface area contributed by atoms with E-state index < -0.39 is 9.84 Å². The van der Waals surface area contributed by atoms with Crippen LogP contribution in [0.5, 0.6) is 0 Å². The van der Waals surface area contributed by atoms with Crippen LogP contribution in [0.1, 0.15) is 17.3 Å². The van der Waals surface area contributed by atoms with Crippen LogP contribution in [0.2, 0.25) is 0 Å². The van der Waals surface area contributed by atoms with Crippen molar-refractivity contribution in [1.82, 2.24) is 20.1 Å². The predicted molar refractivity (Wildman–Crippen MR) is 78.0 cm³/mol. The van der Waals surface area contributed by atoms with Gasteiger partial charge in [-0.25, -0.2) is 8.42 Å². The van der Waals surface area contributed by atoms with Crippen molar-refractivity contribution < 1.29 is 13.2 Å². The van der Waals surface area contributed by atoms with E-state index in [0.717, 1.165) is 5.69 Å². The van der Waals surface area contributed by atoms with Crippen LogP contribution in [0.25, 0.3) is 5.69 Å². The molecule has 1 aromatic carbocycles. The first-order valence-corrected chi connectivity index (χ1v) is 8.27. The highest BCUT2D eigenvalue weighted by molar-refractivity contribution is 7.91. The fraction of sp³-hybridized carbons (Fsp3) is 0.308. The predicted octanol–water partition coefficient (Wildman–Crippen LogP) is 0.432. The lowest BCUT2D eigenvalue weighted by Gasteiger charge is -2.06. The van der Waals surface area contributed by atoms with E-state index in [1.807, 2.05) is 0 Å². The van der Waals surface area contributed by atoms with Gasteiger partial charge in [0, 0.05) is 23.5 Å². The first kappa shape index (κ1) is 15.2. The average Bonchev–Trinajstić information content (AvgIpc) is 3.01. The van der Waals surface area contributed by atoms with Crippen LogP contribution < -0.4 is 5.32 Å². The van der Waals surface area contributed by atoms with Gasteiger partial charge in [-0.3, -0.25) is 9.36 Å². The average molecular weight is 308 g/mol. The molecule has 21 heavy (non-hydrogen) atoms. The molecule has 0 aliphatic heterocycles. The molecule has 0 aliphatic carbocycles. The van der Waals surface area contributed by atoms with Gasteiger partial charge in [0.2, 0.25) is 0 Å². The lowest BCUT2D eigenvalue weighted by atomic mass is 10.2. The molecule has 8 heteroatoms. The van der Waals surface area contributed by atoms with Crippen molar-refractivity contribution in [3.05, 3.63) is 42.5 Å². The van der Waals surface area contributed by atoms with Gasteiger partial charge in [0.05, 0.1) is 5.75 Å². The summed E-state index contributed by atoms with van der Waals surface area (Å²) in [5, 5.41) is 10.0. The molecule has 7 nitrogen and oxygen atoms in total. The third-order valence-corrected chi connectivity index (χ3v) is 4.69. The van der Waals surface area contributed by atoms with Crippen molar-refractivity contribution in [3.8, 4) is 5.69 Å². The largest absolute Gasteiger partial charge is 0.351 e. The van der Waals surface area contributed by atoms with Crippen molar-refractivity contribution in [1.29, 1.82) is 0 Å². The summed E-state index contributed by atoms with van der Waals surface area (Å²) >= 11 is 0. The number of hydrogen-bond acceptors (Lipinski definition) is 5. The quantitative estimate of drug-likeness (QED) is 0.835. The highest BCUT2D eigenvalue weighted by atomic mass is 32.2. The Morgan fingerprint density at radius 3 is 2.38 bits per heavy atom. The fourth-order valence-electron chi connectivity index (χ4n) is 1.69. The molecule has 0 bridgehead atoms. The highest BCUT2D eigenvalue weighted by Gasteiger charge is 2.09. The monoisotopic (exact) mass is 308 g/mol. The third kappa shape index (κ3) is 4.12. The van der Waals surface area contributed by atoms with Gasteiger partial charge in [0.25, 0.3) is 5.91 Å². The van der Waals surface area contributed by atoms with E-state index in [4.69, 9.17) is 0 Å². The second-order valence-electron chi connectivity index (χ2n) is 4.41. The number of carbonyl (C=O) groups is 1. The summed E-state index contributed by atoms with van der Waals surface area (Å²) in [6, 6.07) is 6.86. The Kier molecular flexibility index (Phi) is 4.69. The summed E-state index contributed by atoms with van der Waals surface area (Å²) in [5.74, 6) is -0.263. The van der Waals surface area contributed by atoms with Gasteiger partial charge in [-0.05, 0) is 24.3 Å². The number of amides is 1. The highest BCUT2D eigenvalue weighted by Crippen LogP contribution is 2.08. The van der Waals surface area contributed by atoms with Crippen molar-refractivity contribution >= 4 is 15.7 Å². The van der Waals surface area contributed by atoms with Gasteiger partial charge in [-0.1, -0.05) is 6.92 Å². The van der Waals surface area contributed by atoms with Crippen LogP contribution in [0.4, 0.5) is 0 Å². The fourth-order valence-corrected chi connectivity index (χ4v) is 2.39. The Balaban J connectivity index is 1.94. The van der Waals surface area contributed by atoms with E-state index in [0.29, 0.717) is 5.56 Å². The number of aromatic nitrogens is 3. The second kappa shape index (κ2) is 6.49. The minimum absolute atomic E-state index is 0.0476. The molecule has 0 saturated heterocycles. The summed E-state index contributed by atoms with van der Waals surface area (Å²) in [4.78, 5) is 11.9. The number of nitrogens with zero attached hydrogens (tertiary/aromatic N) is 3. The van der Waals surface area contributed by atoms with Crippen LogP contribution in [-0.4, -0.2) is 47.1 Å². The Morgan fingerprint density at radius 1 is 1.19 bits per heavy atom. The molecule has 1 heterocycles. The van der Waals surface area contributed by atoms with Crippen LogP contribution in [0.3, 0.4) is 0 Å². The van der Waals surface area contributed by atoms with E-state index in [9.17, 15) is 13.2 Å². The molecule has 1 aromatic heterocycles. The van der Waals surface area contributed by atoms with Crippen LogP contribution in [0.15, 0.2) is 36.9 Å². The van der Waals surface area contributed by atoms with Gasteiger partial charge >= 0.3 is 0 Å². The Hall–Kier alpha value is -2.22. The Morgan fingerprint density at radius 2 is 1.81 bits per heavy atom. The van der Waals surface area contributed by atoms with Gasteiger partial charge in [-0.15, -0.1) is 10.2 Å². The molecule has 0 aliphatic rings. The zero-order valence-electron chi connectivity index (χ0n) is 11.6. The zero-order chi connectivity index (χ0) is 15.3. The number of nitrogens with one attached hydrogen (secondary N) is 1. The summed E-state index contributed by atoms with van der Waals surface area (Å²) in [6.45, 7) is 1.70. The van der Waals surface area contributed by atoms with Crippen LogP contribution in [-0.2, 0) is 9.84 Å². The van der Waals surface area contributed by atoms with Crippen molar-refractivity contribution in [3.63, 3.8) is 0 Å². The lowest BCUT2D eigenvalue weighted by Crippen LogP contribution is -2.29. The molecule has 0 fully saturated rings. The standard InChI is InChI=1S/C13H16N4O3S/c1-2-21(19,20)8-7-14-13(18)11-3-5-12(6-4-11)17-9-15-16-10-17/h3-6,9-10H,2,7-8H2,1H3,(H,14,18). The lowest BCUT2D eigenvalue weighted by molar-refractivity contribution is 0.0956. The molecule has 1 N–H and O–H groups in total. The molecule has 0 radical (unpaired) electrons. The number of benzene rings is 1. The van der Waals surface area contributed by atoms with E-state index in [1.54, 1.807) is 48.4 Å². The third-order valence-electron chi connectivity index (χ3n) is 2.98. The molecule has 0 atom stereocenters. The number of carbonyl (C=O) groups excluding carboxylic acids is 1. The van der Waals surface area contributed by atoms with E-state index in [2.05, 4.69) is 15.5 Å². The Bertz CT molecular complexity index is 694. The van der Waals surface area contributed by atoms with Gasteiger partial charge in [-0.2, -0.15) is 0 Å². The van der Waals surface area contributed by atoms with Gasteiger partial charge in [0.1, 0.15) is 12.7 Å². The number of rotatable bonds is 6. The molecule has 2 aromatic rings. The van der Waals surface area contributed by atoms with Gasteiger partial charge < -0.3 is 5.32 Å². The first-order chi connectivity index (χ1) is 10.0. The zero-order valence-corrected chi connectivity index (χ0v) is 12.4. The molecular formula is C13H16N4O3S. The van der Waals surface area contributed by atoms with Crippen LogP contribution in [0, 0.1) is 0 Å². The molecular weight excluding hydrogens is 292 g/mol. The topological polar surface area (TPSA) is 94.0 Å². The second-order valence-corrected chi connectivity index (χ2v) is 6.88. The molecule has 0 unspecified atom stereocenters. The summed E-state index contributed by atoms with van der Waals surface area (Å²) in [7, 11) is -3.07. The SMILES string of the molecule is CCS(=O)(=O)CCNC(=O)c1ccc(-n2cnnc2)cc1. The smallest absolute Gasteiger partial charge is 0.251 e. The van der Waals surface area contributed by atoms with Crippen molar-refractivity contribution in [2.45, 2.75) is 6.92 Å². The minimum Gasteiger partial charge on any atom is -0.351 e. The molecule has 112 valence electrons. The van der Waals surface area contributed by atoms with Crippen LogP contribution >= 0.6 is 0 Å². The summed E-state index contributed by atoms with van der Waals surface area (Å²) in [5.41, 5.74) is 1.31. The van der Waals surface area contributed by atoms with Gasteiger partial charge in [0.15, 0.2) is 9.84 Å². The maximum atomic E-state index is 11.9. The molecule has 1 amide bonds. The van der Waals surface area contributed by atoms with E-state index >= 15 is 0 Å². The Labute approximate surface area is 122 Å². The summed E-state index contributed by atoms with van der Waals surface area (Å²) < 4.78 is 24.4. The minimum atomic E-state index is -3.07. The van der Waals surface area contributed by atoms with Crippen molar-refractivity contribution in [2.75, 3.05) is 18.1 Å². The molecule has 0 spiro atoms. The number of sulfone groups is 1. The normalized spacial score (nSPS) is 11.3. The maximum absolute atomic E-state index is 11.9. The first-order valence-electron chi connectivity index (χ1n) is 6.45. The van der Waals surface area contributed by atoms with E-state index in [1.165, 1.54) is 0 Å². The maximum Gasteiger partial charge on any atom is 0.251 e. The number of hydrogen-bond donors (Lipinski definition) is 1. The molecule has 0 saturated carbocycles. The van der Waals surface area contributed by atoms with E-state index in [-0.39, 0.29) is 24.0 Å².